The van der Waals surface area contributed by atoms with E-state index >= 15 is 0 Å². The Bertz CT molecular complexity index is 798. The Kier molecular flexibility index (Phi) is 3.42. The van der Waals surface area contributed by atoms with Gasteiger partial charge in [-0.2, -0.15) is 0 Å². The van der Waals surface area contributed by atoms with Crippen LogP contribution in [0.5, 0.6) is 0 Å². The Morgan fingerprint density at radius 2 is 1.91 bits per heavy atom. The molecule has 0 N–H and O–H groups in total. The van der Waals surface area contributed by atoms with Crippen LogP contribution >= 0.6 is 0 Å². The molecule has 0 atom stereocenters. The third kappa shape index (κ3) is 2.63. The van der Waals surface area contributed by atoms with Crippen molar-refractivity contribution in [1.82, 2.24) is 19.5 Å². The van der Waals surface area contributed by atoms with Crippen LogP contribution in [0.4, 0.5) is 11.5 Å². The highest BCUT2D eigenvalue weighted by atomic mass is 15.2. The van der Waals surface area contributed by atoms with Crippen molar-refractivity contribution in [3.05, 3.63) is 60.9 Å². The van der Waals surface area contributed by atoms with Crippen LogP contribution in [0.25, 0.3) is 5.82 Å². The zero-order valence-electron chi connectivity index (χ0n) is 13.0. The molecule has 0 unspecified atom stereocenters. The molecule has 0 amide bonds. The first-order chi connectivity index (χ1) is 11.3. The summed E-state index contributed by atoms with van der Waals surface area (Å²) in [5.74, 6) is 1.77. The largest absolute Gasteiger partial charge is 0.373 e. The third-order valence-electron chi connectivity index (χ3n) is 4.20. The van der Waals surface area contributed by atoms with E-state index in [-0.39, 0.29) is 0 Å². The minimum Gasteiger partial charge on any atom is -0.373 e. The first kappa shape index (κ1) is 13.8. The third-order valence-corrected chi connectivity index (χ3v) is 4.20. The van der Waals surface area contributed by atoms with Gasteiger partial charge in [0.25, 0.3) is 0 Å². The number of anilines is 2. The lowest BCUT2D eigenvalue weighted by atomic mass is 10.1. The second-order valence-electron chi connectivity index (χ2n) is 5.68. The Morgan fingerprint density at radius 3 is 2.78 bits per heavy atom. The average Bonchev–Trinajstić information content (AvgIpc) is 3.08. The van der Waals surface area contributed by atoms with E-state index in [0.29, 0.717) is 0 Å². The maximum Gasteiger partial charge on any atom is 0.143 e. The van der Waals surface area contributed by atoms with Gasteiger partial charge in [-0.1, -0.05) is 18.2 Å². The molecule has 1 aromatic carbocycles. The highest BCUT2D eigenvalue weighted by molar-refractivity contribution is 5.57. The molecule has 0 radical (unpaired) electrons. The summed E-state index contributed by atoms with van der Waals surface area (Å²) in [5, 5.41) is 0. The van der Waals surface area contributed by atoms with E-state index in [9.17, 15) is 0 Å². The van der Waals surface area contributed by atoms with Crippen LogP contribution in [0, 0.1) is 0 Å². The molecule has 0 spiro atoms. The molecule has 3 aromatic rings. The molecule has 2 aromatic heterocycles. The molecule has 1 aliphatic rings. The van der Waals surface area contributed by atoms with Crippen LogP contribution in [0.15, 0.2) is 55.4 Å². The maximum atomic E-state index is 4.48. The van der Waals surface area contributed by atoms with Gasteiger partial charge in [0.2, 0.25) is 0 Å². The predicted octanol–water partition coefficient (Wildman–Crippen LogP) is 2.12. The summed E-state index contributed by atoms with van der Waals surface area (Å²) < 4.78 is 1.89. The number of fused-ring (bicyclic) bond motifs is 1. The smallest absolute Gasteiger partial charge is 0.143 e. The molecular formula is C17H18N6. The minimum atomic E-state index is 0.832. The van der Waals surface area contributed by atoms with Gasteiger partial charge in [-0.3, -0.25) is 4.57 Å². The quantitative estimate of drug-likeness (QED) is 0.726. The summed E-state index contributed by atoms with van der Waals surface area (Å²) in [6, 6.07) is 10.5. The first-order valence-corrected chi connectivity index (χ1v) is 7.65. The summed E-state index contributed by atoms with van der Waals surface area (Å²) in [6.07, 6.45) is 7.00. The van der Waals surface area contributed by atoms with E-state index in [0.717, 1.165) is 31.3 Å². The van der Waals surface area contributed by atoms with Crippen molar-refractivity contribution in [2.24, 2.45) is 0 Å². The normalized spacial score (nSPS) is 14.5. The minimum absolute atomic E-state index is 0.832. The summed E-state index contributed by atoms with van der Waals surface area (Å²) in [6.45, 7) is 2.73. The fraction of sp³-hybridized carbons (Fsp3) is 0.235. The molecule has 116 valence electrons. The summed E-state index contributed by atoms with van der Waals surface area (Å²) in [4.78, 5) is 17.5. The van der Waals surface area contributed by atoms with E-state index in [1.54, 1.807) is 18.9 Å². The van der Waals surface area contributed by atoms with Gasteiger partial charge >= 0.3 is 0 Å². The fourth-order valence-corrected chi connectivity index (χ4v) is 2.93. The standard InChI is InChI=1S/C17H18N6/c1-21-8-9-22(11-14-4-2-3-5-15(14)21)16-10-17(20-12-19-16)23-7-6-18-13-23/h2-7,10,12-13H,8-9,11H2,1H3. The van der Waals surface area contributed by atoms with E-state index in [1.165, 1.54) is 11.3 Å². The number of hydrogen-bond donors (Lipinski definition) is 0. The van der Waals surface area contributed by atoms with E-state index in [2.05, 4.69) is 56.1 Å². The van der Waals surface area contributed by atoms with Crippen molar-refractivity contribution in [2.75, 3.05) is 29.9 Å². The van der Waals surface area contributed by atoms with E-state index in [1.807, 2.05) is 16.8 Å². The van der Waals surface area contributed by atoms with E-state index < -0.39 is 0 Å². The van der Waals surface area contributed by atoms with Crippen LogP contribution in [0.1, 0.15) is 5.56 Å². The molecule has 6 nitrogen and oxygen atoms in total. The Hall–Kier alpha value is -2.89. The average molecular weight is 306 g/mol. The van der Waals surface area contributed by atoms with Crippen molar-refractivity contribution in [3.8, 4) is 5.82 Å². The number of benzene rings is 1. The topological polar surface area (TPSA) is 50.1 Å². The molecule has 4 rings (SSSR count). The molecule has 0 bridgehead atoms. The number of hydrogen-bond acceptors (Lipinski definition) is 5. The van der Waals surface area contributed by atoms with Crippen LogP contribution < -0.4 is 9.80 Å². The second kappa shape index (κ2) is 5.72. The van der Waals surface area contributed by atoms with Gasteiger partial charge in [0.05, 0.1) is 0 Å². The zero-order chi connectivity index (χ0) is 15.6. The molecule has 23 heavy (non-hydrogen) atoms. The van der Waals surface area contributed by atoms with Gasteiger partial charge in [-0.05, 0) is 11.6 Å². The van der Waals surface area contributed by atoms with Gasteiger partial charge in [0, 0.05) is 50.8 Å². The first-order valence-electron chi connectivity index (χ1n) is 7.65. The number of aromatic nitrogens is 4. The molecular weight excluding hydrogens is 288 g/mol. The lowest BCUT2D eigenvalue weighted by Crippen LogP contribution is -2.29. The molecule has 3 heterocycles. The molecule has 0 fully saturated rings. The van der Waals surface area contributed by atoms with Crippen LogP contribution in [0.3, 0.4) is 0 Å². The Morgan fingerprint density at radius 1 is 1.04 bits per heavy atom. The fourth-order valence-electron chi connectivity index (χ4n) is 2.93. The SMILES string of the molecule is CN1CCN(c2cc(-n3ccnc3)ncn2)Cc2ccccc21. The number of likely N-dealkylation sites (N-methyl/N-ethyl adjacent to an activating group) is 1. The van der Waals surface area contributed by atoms with Crippen molar-refractivity contribution in [3.63, 3.8) is 0 Å². The van der Waals surface area contributed by atoms with E-state index in [4.69, 9.17) is 0 Å². The van der Waals surface area contributed by atoms with Gasteiger partial charge in [0.1, 0.15) is 24.3 Å². The molecule has 1 aliphatic heterocycles. The number of rotatable bonds is 2. The second-order valence-corrected chi connectivity index (χ2v) is 5.68. The maximum absolute atomic E-state index is 4.48. The monoisotopic (exact) mass is 306 g/mol. The highest BCUT2D eigenvalue weighted by Gasteiger charge is 2.18. The molecule has 0 saturated carbocycles. The van der Waals surface area contributed by atoms with Crippen molar-refractivity contribution < 1.29 is 0 Å². The van der Waals surface area contributed by atoms with Crippen molar-refractivity contribution in [1.29, 1.82) is 0 Å². The van der Waals surface area contributed by atoms with Gasteiger partial charge in [0.15, 0.2) is 0 Å². The van der Waals surface area contributed by atoms with Crippen LogP contribution in [-0.4, -0.2) is 39.7 Å². The van der Waals surface area contributed by atoms with Gasteiger partial charge in [-0.25, -0.2) is 15.0 Å². The zero-order valence-corrected chi connectivity index (χ0v) is 13.0. The number of nitrogens with zero attached hydrogens (tertiary/aromatic N) is 6. The lowest BCUT2D eigenvalue weighted by molar-refractivity contribution is 0.779. The van der Waals surface area contributed by atoms with Crippen LogP contribution in [-0.2, 0) is 6.54 Å². The van der Waals surface area contributed by atoms with Crippen LogP contribution in [0.2, 0.25) is 0 Å². The molecule has 0 saturated heterocycles. The summed E-state index contributed by atoms with van der Waals surface area (Å²) in [7, 11) is 2.14. The summed E-state index contributed by atoms with van der Waals surface area (Å²) >= 11 is 0. The number of para-hydroxylation sites is 1. The van der Waals surface area contributed by atoms with Crippen molar-refractivity contribution >= 4 is 11.5 Å². The molecule has 0 aliphatic carbocycles. The van der Waals surface area contributed by atoms with Gasteiger partial charge < -0.3 is 9.80 Å². The van der Waals surface area contributed by atoms with Gasteiger partial charge in [-0.15, -0.1) is 0 Å². The van der Waals surface area contributed by atoms with Crippen molar-refractivity contribution in [2.45, 2.75) is 6.54 Å². The number of imidazole rings is 1. The summed E-state index contributed by atoms with van der Waals surface area (Å²) in [5.41, 5.74) is 2.61. The lowest BCUT2D eigenvalue weighted by Gasteiger charge is -2.22. The Labute approximate surface area is 135 Å². The predicted molar refractivity (Wildman–Crippen MR) is 89.9 cm³/mol. The Balaban J connectivity index is 1.68. The molecule has 6 heteroatoms. The highest BCUT2D eigenvalue weighted by Crippen LogP contribution is 2.26.